The highest BCUT2D eigenvalue weighted by molar-refractivity contribution is 7.16. The van der Waals surface area contributed by atoms with E-state index >= 15 is 0 Å². The van der Waals surface area contributed by atoms with Gasteiger partial charge in [0.05, 0.1) is 4.34 Å². The van der Waals surface area contributed by atoms with Crippen LogP contribution in [-0.2, 0) is 6.42 Å². The molecule has 0 aliphatic carbocycles. The van der Waals surface area contributed by atoms with E-state index in [1.807, 2.05) is 6.07 Å². The summed E-state index contributed by atoms with van der Waals surface area (Å²) >= 11 is 7.36. The van der Waals surface area contributed by atoms with Crippen molar-refractivity contribution in [3.05, 3.63) is 21.3 Å². The minimum absolute atomic E-state index is 0. The van der Waals surface area contributed by atoms with E-state index in [0.29, 0.717) is 0 Å². The molecule has 1 nitrogen and oxygen atoms in total. The van der Waals surface area contributed by atoms with Crippen LogP contribution in [0, 0.1) is 0 Å². The van der Waals surface area contributed by atoms with Gasteiger partial charge in [0.1, 0.15) is 0 Å². The fourth-order valence-electron chi connectivity index (χ4n) is 0.762. The van der Waals surface area contributed by atoms with Crippen molar-refractivity contribution < 1.29 is 0 Å². The maximum Gasteiger partial charge on any atom is 0.0931 e. The quantitative estimate of drug-likeness (QED) is 0.818. The van der Waals surface area contributed by atoms with Crippen LogP contribution >= 0.6 is 35.3 Å². The van der Waals surface area contributed by atoms with Gasteiger partial charge < -0.3 is 5.73 Å². The number of halogens is 2. The third-order valence-electron chi connectivity index (χ3n) is 1.26. The number of hydrogen-bond donors (Lipinski definition) is 1. The molecule has 2 N–H and O–H groups in total. The monoisotopic (exact) mass is 211 g/mol. The minimum atomic E-state index is 0. The average molecular weight is 212 g/mol. The van der Waals surface area contributed by atoms with Crippen LogP contribution in [-0.4, -0.2) is 6.54 Å². The second kappa shape index (κ2) is 5.84. The fraction of sp³-hybridized carbons (Fsp3) is 0.429. The van der Waals surface area contributed by atoms with Crippen LogP contribution in [0.1, 0.15) is 11.3 Å². The van der Waals surface area contributed by atoms with Gasteiger partial charge >= 0.3 is 0 Å². The summed E-state index contributed by atoms with van der Waals surface area (Å²) in [5.74, 6) is 0. The molecule has 0 aromatic carbocycles. The molecule has 1 aromatic rings. The topological polar surface area (TPSA) is 26.0 Å². The molecular formula is C7H11Cl2NS. The van der Waals surface area contributed by atoms with E-state index < -0.39 is 0 Å². The zero-order valence-corrected chi connectivity index (χ0v) is 8.44. The zero-order valence-electron chi connectivity index (χ0n) is 6.05. The Bertz CT molecular complexity index is 200. The summed E-state index contributed by atoms with van der Waals surface area (Å²) < 4.78 is 0.868. The average Bonchev–Trinajstić information content (AvgIpc) is 2.31. The van der Waals surface area contributed by atoms with E-state index in [4.69, 9.17) is 17.3 Å². The molecule has 0 fully saturated rings. The third kappa shape index (κ3) is 3.97. The van der Waals surface area contributed by atoms with Crippen molar-refractivity contribution in [1.29, 1.82) is 0 Å². The summed E-state index contributed by atoms with van der Waals surface area (Å²) in [6.07, 6.45) is 2.12. The highest BCUT2D eigenvalue weighted by atomic mass is 35.5. The van der Waals surface area contributed by atoms with Gasteiger partial charge in [-0.05, 0) is 31.5 Å². The van der Waals surface area contributed by atoms with E-state index in [1.54, 1.807) is 11.3 Å². The predicted molar refractivity (Wildman–Crippen MR) is 54.0 cm³/mol. The lowest BCUT2D eigenvalue weighted by molar-refractivity contribution is 0.843. The van der Waals surface area contributed by atoms with Crippen LogP contribution in [0.25, 0.3) is 0 Å². The lowest BCUT2D eigenvalue weighted by Crippen LogP contribution is -1.98. The van der Waals surface area contributed by atoms with Crippen molar-refractivity contribution >= 4 is 35.3 Å². The highest BCUT2D eigenvalue weighted by Crippen LogP contribution is 2.22. The van der Waals surface area contributed by atoms with Gasteiger partial charge in [-0.1, -0.05) is 11.6 Å². The number of thiophene rings is 1. The number of hydrogen-bond acceptors (Lipinski definition) is 2. The first-order chi connectivity index (χ1) is 4.83. The van der Waals surface area contributed by atoms with E-state index in [1.165, 1.54) is 4.88 Å². The second-order valence-electron chi connectivity index (χ2n) is 2.10. The molecule has 64 valence electrons. The molecule has 0 saturated heterocycles. The van der Waals surface area contributed by atoms with Gasteiger partial charge in [0, 0.05) is 4.88 Å². The first-order valence-corrected chi connectivity index (χ1v) is 4.46. The maximum atomic E-state index is 5.73. The predicted octanol–water partition coefficient (Wildman–Crippen LogP) is 2.71. The molecule has 0 aliphatic heterocycles. The van der Waals surface area contributed by atoms with E-state index in [0.717, 1.165) is 23.7 Å². The van der Waals surface area contributed by atoms with Crippen LogP contribution in [0.4, 0.5) is 0 Å². The highest BCUT2D eigenvalue weighted by Gasteiger charge is 1.95. The minimum Gasteiger partial charge on any atom is -0.330 e. The largest absolute Gasteiger partial charge is 0.330 e. The Balaban J connectivity index is 0.000001000. The molecule has 11 heavy (non-hydrogen) atoms. The molecule has 0 saturated carbocycles. The van der Waals surface area contributed by atoms with Crippen LogP contribution in [0.15, 0.2) is 12.1 Å². The van der Waals surface area contributed by atoms with Crippen LogP contribution in [0.2, 0.25) is 4.34 Å². The summed E-state index contributed by atoms with van der Waals surface area (Å²) in [4.78, 5) is 1.33. The standard InChI is InChI=1S/C7H10ClNS.ClH/c8-7-4-3-6(10-7)2-1-5-9;/h3-4H,1-2,5,9H2;1H. The Morgan fingerprint density at radius 3 is 2.64 bits per heavy atom. The third-order valence-corrected chi connectivity index (χ3v) is 2.55. The molecule has 0 bridgehead atoms. The number of rotatable bonds is 3. The molecular weight excluding hydrogens is 201 g/mol. The van der Waals surface area contributed by atoms with Gasteiger partial charge in [-0.2, -0.15) is 0 Å². The SMILES string of the molecule is Cl.NCCCc1ccc(Cl)s1. The van der Waals surface area contributed by atoms with Crippen molar-refractivity contribution in [2.45, 2.75) is 12.8 Å². The smallest absolute Gasteiger partial charge is 0.0931 e. The lowest BCUT2D eigenvalue weighted by Gasteiger charge is -1.90. The Morgan fingerprint density at radius 1 is 1.45 bits per heavy atom. The van der Waals surface area contributed by atoms with Crippen LogP contribution < -0.4 is 5.73 Å². The molecule has 0 aliphatic rings. The Hall–Kier alpha value is 0.240. The van der Waals surface area contributed by atoms with E-state index in [9.17, 15) is 0 Å². The first kappa shape index (κ1) is 11.2. The van der Waals surface area contributed by atoms with Crippen LogP contribution in [0.3, 0.4) is 0 Å². The first-order valence-electron chi connectivity index (χ1n) is 3.27. The number of aryl methyl sites for hydroxylation is 1. The van der Waals surface area contributed by atoms with Gasteiger partial charge in [-0.15, -0.1) is 23.7 Å². The normalized spacial score (nSPS) is 9.27. The molecule has 1 heterocycles. The molecule has 4 heteroatoms. The molecule has 0 amide bonds. The maximum absolute atomic E-state index is 5.73. The summed E-state index contributed by atoms with van der Waals surface area (Å²) in [6, 6.07) is 3.99. The Morgan fingerprint density at radius 2 is 2.18 bits per heavy atom. The van der Waals surface area contributed by atoms with E-state index in [2.05, 4.69) is 6.07 Å². The second-order valence-corrected chi connectivity index (χ2v) is 3.90. The molecule has 0 atom stereocenters. The van der Waals surface area contributed by atoms with E-state index in [-0.39, 0.29) is 12.4 Å². The lowest BCUT2D eigenvalue weighted by atomic mass is 10.3. The van der Waals surface area contributed by atoms with Crippen molar-refractivity contribution in [3.8, 4) is 0 Å². The van der Waals surface area contributed by atoms with Gasteiger partial charge in [0.15, 0.2) is 0 Å². The van der Waals surface area contributed by atoms with Gasteiger partial charge in [-0.3, -0.25) is 0 Å². The summed E-state index contributed by atoms with van der Waals surface area (Å²) in [6.45, 7) is 0.759. The van der Waals surface area contributed by atoms with Crippen molar-refractivity contribution in [2.75, 3.05) is 6.54 Å². The van der Waals surface area contributed by atoms with Crippen LogP contribution in [0.5, 0.6) is 0 Å². The van der Waals surface area contributed by atoms with Gasteiger partial charge in [0.2, 0.25) is 0 Å². The molecule has 0 unspecified atom stereocenters. The molecule has 0 radical (unpaired) electrons. The summed E-state index contributed by atoms with van der Waals surface area (Å²) in [5.41, 5.74) is 5.35. The van der Waals surface area contributed by atoms with Crippen molar-refractivity contribution in [2.24, 2.45) is 5.73 Å². The van der Waals surface area contributed by atoms with Crippen molar-refractivity contribution in [1.82, 2.24) is 0 Å². The zero-order chi connectivity index (χ0) is 7.40. The Labute approximate surface area is 82.0 Å². The summed E-state index contributed by atoms with van der Waals surface area (Å²) in [5, 5.41) is 0. The molecule has 0 spiro atoms. The fourth-order valence-corrected chi connectivity index (χ4v) is 1.89. The van der Waals surface area contributed by atoms with Crippen molar-refractivity contribution in [3.63, 3.8) is 0 Å². The molecule has 1 aromatic heterocycles. The van der Waals surface area contributed by atoms with Gasteiger partial charge in [0.25, 0.3) is 0 Å². The number of nitrogens with two attached hydrogens (primary N) is 1. The Kier molecular flexibility index (Phi) is 5.96. The van der Waals surface area contributed by atoms with Gasteiger partial charge in [-0.25, -0.2) is 0 Å². The summed E-state index contributed by atoms with van der Waals surface area (Å²) in [7, 11) is 0. The molecule has 1 rings (SSSR count).